The van der Waals surface area contributed by atoms with Crippen LogP contribution in [0.15, 0.2) is 5.38 Å². The number of aromatic nitrogens is 1. The summed E-state index contributed by atoms with van der Waals surface area (Å²) in [6.07, 6.45) is 4.12. The Hall–Kier alpha value is -0.920. The van der Waals surface area contributed by atoms with Gasteiger partial charge >= 0.3 is 0 Å². The number of hydrogen-bond donors (Lipinski definition) is 0. The van der Waals surface area contributed by atoms with Crippen LogP contribution >= 0.6 is 11.3 Å². The summed E-state index contributed by atoms with van der Waals surface area (Å²) in [5, 5.41) is 12.4. The third kappa shape index (κ3) is 1.64. The van der Waals surface area contributed by atoms with E-state index in [0.29, 0.717) is 5.92 Å². The van der Waals surface area contributed by atoms with Crippen molar-refractivity contribution in [1.82, 2.24) is 4.98 Å². The molecule has 0 spiro atoms. The quantitative estimate of drug-likeness (QED) is 0.790. The topological polar surface area (TPSA) is 45.9 Å². The molecule has 2 heterocycles. The second-order valence-electron chi connectivity index (χ2n) is 4.65. The van der Waals surface area contributed by atoms with Crippen LogP contribution in [0.3, 0.4) is 0 Å². The van der Waals surface area contributed by atoms with Gasteiger partial charge in [0.2, 0.25) is 0 Å². The molecule has 0 N–H and O–H groups in total. The fourth-order valence-corrected chi connectivity index (χ4v) is 3.28. The van der Waals surface area contributed by atoms with Gasteiger partial charge in [0.15, 0.2) is 0 Å². The smallest absolute Gasteiger partial charge is 0.100 e. The lowest BCUT2D eigenvalue weighted by molar-refractivity contribution is 0.0852. The van der Waals surface area contributed by atoms with E-state index in [9.17, 15) is 0 Å². The van der Waals surface area contributed by atoms with Gasteiger partial charge in [-0.2, -0.15) is 5.26 Å². The van der Waals surface area contributed by atoms with Crippen LogP contribution in [-0.4, -0.2) is 18.2 Å². The fourth-order valence-electron chi connectivity index (χ4n) is 2.19. The van der Waals surface area contributed by atoms with Crippen molar-refractivity contribution >= 4 is 11.3 Å². The molecule has 0 bridgehead atoms. The van der Waals surface area contributed by atoms with E-state index < -0.39 is 0 Å². The number of ether oxygens (including phenoxy) is 1. The standard InChI is InChI=1S/C12H14N2OS/c13-8-12(3-4-12)10-7-16-11(14-10)9-1-5-15-6-2-9/h7,9H,1-6H2. The Labute approximate surface area is 99.1 Å². The Morgan fingerprint density at radius 3 is 2.81 bits per heavy atom. The molecule has 1 aliphatic heterocycles. The van der Waals surface area contributed by atoms with Crippen molar-refractivity contribution < 1.29 is 4.74 Å². The Morgan fingerprint density at radius 1 is 1.44 bits per heavy atom. The normalized spacial score (nSPS) is 23.9. The summed E-state index contributed by atoms with van der Waals surface area (Å²) >= 11 is 1.72. The summed E-state index contributed by atoms with van der Waals surface area (Å²) in [5.74, 6) is 0.557. The molecule has 4 heteroatoms. The molecule has 16 heavy (non-hydrogen) atoms. The first-order valence-corrected chi connectivity index (χ1v) is 6.67. The number of nitrogens with zero attached hydrogens (tertiary/aromatic N) is 2. The van der Waals surface area contributed by atoms with E-state index in [1.807, 2.05) is 0 Å². The maximum atomic E-state index is 9.12. The van der Waals surface area contributed by atoms with E-state index in [1.54, 1.807) is 11.3 Å². The third-order valence-electron chi connectivity index (χ3n) is 3.55. The first kappa shape index (κ1) is 10.2. The molecule has 1 aliphatic carbocycles. The van der Waals surface area contributed by atoms with Gasteiger partial charge in [0.05, 0.1) is 16.8 Å². The van der Waals surface area contributed by atoms with Gasteiger partial charge in [-0.25, -0.2) is 4.98 Å². The van der Waals surface area contributed by atoms with Gasteiger partial charge in [-0.1, -0.05) is 0 Å². The average molecular weight is 234 g/mol. The predicted octanol–water partition coefficient (Wildman–Crippen LogP) is 2.59. The Balaban J connectivity index is 1.80. The van der Waals surface area contributed by atoms with Crippen LogP contribution in [0, 0.1) is 11.3 Å². The zero-order chi connectivity index (χ0) is 11.0. The van der Waals surface area contributed by atoms with Gasteiger partial charge in [0.1, 0.15) is 5.41 Å². The highest BCUT2D eigenvalue weighted by atomic mass is 32.1. The van der Waals surface area contributed by atoms with Crippen LogP contribution in [0.25, 0.3) is 0 Å². The van der Waals surface area contributed by atoms with Crippen LogP contribution in [0.5, 0.6) is 0 Å². The first-order valence-electron chi connectivity index (χ1n) is 5.79. The highest BCUT2D eigenvalue weighted by Crippen LogP contribution is 2.48. The summed E-state index contributed by atoms with van der Waals surface area (Å²) in [6, 6.07) is 2.40. The van der Waals surface area contributed by atoms with E-state index >= 15 is 0 Å². The minimum Gasteiger partial charge on any atom is -0.381 e. The van der Waals surface area contributed by atoms with Crippen molar-refractivity contribution in [2.75, 3.05) is 13.2 Å². The molecule has 0 radical (unpaired) electrons. The van der Waals surface area contributed by atoms with Gasteiger partial charge in [-0.05, 0) is 25.7 Å². The highest BCUT2D eigenvalue weighted by molar-refractivity contribution is 7.09. The van der Waals surface area contributed by atoms with Gasteiger partial charge in [0, 0.05) is 24.5 Å². The maximum Gasteiger partial charge on any atom is 0.100 e. The molecule has 0 aromatic carbocycles. The second-order valence-corrected chi connectivity index (χ2v) is 5.54. The molecular weight excluding hydrogens is 220 g/mol. The molecule has 84 valence electrons. The summed E-state index contributed by atoms with van der Waals surface area (Å²) in [7, 11) is 0. The lowest BCUT2D eigenvalue weighted by atomic mass is 10.0. The van der Waals surface area contributed by atoms with Crippen molar-refractivity contribution in [3.63, 3.8) is 0 Å². The molecule has 0 amide bonds. The monoisotopic (exact) mass is 234 g/mol. The molecule has 2 aliphatic rings. The van der Waals surface area contributed by atoms with E-state index in [4.69, 9.17) is 10.00 Å². The van der Waals surface area contributed by atoms with Crippen molar-refractivity contribution in [1.29, 1.82) is 5.26 Å². The number of thiazole rings is 1. The molecule has 2 fully saturated rings. The maximum absolute atomic E-state index is 9.12. The third-order valence-corrected chi connectivity index (χ3v) is 4.55. The molecule has 3 nitrogen and oxygen atoms in total. The minimum absolute atomic E-state index is 0.222. The minimum atomic E-state index is -0.222. The zero-order valence-corrected chi connectivity index (χ0v) is 9.92. The van der Waals surface area contributed by atoms with E-state index in [2.05, 4.69) is 16.4 Å². The van der Waals surface area contributed by atoms with Crippen molar-refractivity contribution in [3.8, 4) is 6.07 Å². The Bertz CT molecular complexity index is 424. The van der Waals surface area contributed by atoms with Crippen LogP contribution in [-0.2, 0) is 10.2 Å². The Morgan fingerprint density at radius 2 is 2.19 bits per heavy atom. The van der Waals surface area contributed by atoms with Gasteiger partial charge in [-0.15, -0.1) is 11.3 Å². The molecule has 3 rings (SSSR count). The number of hydrogen-bond acceptors (Lipinski definition) is 4. The van der Waals surface area contributed by atoms with E-state index in [1.165, 1.54) is 5.01 Å². The fraction of sp³-hybridized carbons (Fsp3) is 0.667. The highest BCUT2D eigenvalue weighted by Gasteiger charge is 2.47. The zero-order valence-electron chi connectivity index (χ0n) is 9.11. The molecule has 1 saturated carbocycles. The molecule has 0 atom stereocenters. The van der Waals surface area contributed by atoms with Crippen molar-refractivity contribution in [3.05, 3.63) is 16.1 Å². The van der Waals surface area contributed by atoms with Crippen molar-refractivity contribution in [2.24, 2.45) is 0 Å². The summed E-state index contributed by atoms with van der Waals surface area (Å²) in [5.41, 5.74) is 0.793. The van der Waals surface area contributed by atoms with E-state index in [-0.39, 0.29) is 5.41 Å². The lowest BCUT2D eigenvalue weighted by Gasteiger charge is -2.19. The molecule has 1 aromatic heterocycles. The second kappa shape index (κ2) is 3.83. The molecule has 1 saturated heterocycles. The van der Waals surface area contributed by atoms with Gasteiger partial charge in [0.25, 0.3) is 0 Å². The van der Waals surface area contributed by atoms with Crippen LogP contribution < -0.4 is 0 Å². The molecule has 0 unspecified atom stereocenters. The molecule has 1 aromatic rings. The SMILES string of the molecule is N#CC1(c2csc(C3CCOCC3)n2)CC1. The number of rotatable bonds is 2. The van der Waals surface area contributed by atoms with Crippen molar-refractivity contribution in [2.45, 2.75) is 37.0 Å². The average Bonchev–Trinajstić information content (AvgIpc) is 3.00. The van der Waals surface area contributed by atoms with Crippen LogP contribution in [0.4, 0.5) is 0 Å². The largest absolute Gasteiger partial charge is 0.381 e. The van der Waals surface area contributed by atoms with E-state index in [0.717, 1.165) is 44.6 Å². The number of nitriles is 1. The lowest BCUT2D eigenvalue weighted by Crippen LogP contribution is -2.14. The van der Waals surface area contributed by atoms with Gasteiger partial charge in [-0.3, -0.25) is 0 Å². The summed E-state index contributed by atoms with van der Waals surface area (Å²) in [6.45, 7) is 1.70. The first-order chi connectivity index (χ1) is 7.84. The Kier molecular flexibility index (Phi) is 2.45. The summed E-state index contributed by atoms with van der Waals surface area (Å²) < 4.78 is 5.35. The predicted molar refractivity (Wildman–Crippen MR) is 61.4 cm³/mol. The summed E-state index contributed by atoms with van der Waals surface area (Å²) in [4.78, 5) is 4.68. The van der Waals surface area contributed by atoms with Gasteiger partial charge < -0.3 is 4.74 Å². The van der Waals surface area contributed by atoms with Crippen LogP contribution in [0.2, 0.25) is 0 Å². The van der Waals surface area contributed by atoms with Crippen LogP contribution in [0.1, 0.15) is 42.3 Å². The molecular formula is C12H14N2OS.